The first kappa shape index (κ1) is 25.9. The molecule has 1 aliphatic heterocycles. The normalized spacial score (nSPS) is 14.0. The smallest absolute Gasteiger partial charge is 0.269 e. The van der Waals surface area contributed by atoms with Gasteiger partial charge in [-0.25, -0.2) is 4.98 Å². The van der Waals surface area contributed by atoms with Crippen LogP contribution in [0, 0.1) is 10.1 Å². The van der Waals surface area contributed by atoms with Crippen molar-refractivity contribution in [2.24, 2.45) is 5.73 Å². The highest BCUT2D eigenvalue weighted by Gasteiger charge is 2.19. The number of pyridine rings is 1. The number of primary amides is 1. The van der Waals surface area contributed by atoms with Crippen LogP contribution in [0.1, 0.15) is 25.0 Å². The van der Waals surface area contributed by atoms with Gasteiger partial charge < -0.3 is 21.3 Å². The van der Waals surface area contributed by atoms with Crippen LogP contribution in [0.2, 0.25) is 0 Å². The number of carbonyl (C=O) groups excluding carboxylic acids is 1. The van der Waals surface area contributed by atoms with Crippen LogP contribution < -0.4 is 21.3 Å². The van der Waals surface area contributed by atoms with E-state index in [-0.39, 0.29) is 12.1 Å². The van der Waals surface area contributed by atoms with E-state index in [1.54, 1.807) is 18.3 Å². The summed E-state index contributed by atoms with van der Waals surface area (Å²) < 4.78 is 0. The molecule has 4 rings (SSSR count). The molecule has 1 aliphatic rings. The van der Waals surface area contributed by atoms with E-state index in [0.717, 1.165) is 37.4 Å². The fourth-order valence-corrected chi connectivity index (χ4v) is 4.42. The van der Waals surface area contributed by atoms with Gasteiger partial charge in [-0.3, -0.25) is 19.8 Å². The SMILES string of the molecule is CC(C)N1CCN(c2ccc(Nc3cc(NCc4cccc([N+](=O)[O-])c4)c(CC(N)=O)cn3)cc2)CC1. The molecule has 37 heavy (non-hydrogen) atoms. The maximum Gasteiger partial charge on any atom is 0.269 e. The summed E-state index contributed by atoms with van der Waals surface area (Å²) in [5, 5.41) is 17.7. The number of rotatable bonds is 10. The summed E-state index contributed by atoms with van der Waals surface area (Å²) in [6.07, 6.45) is 1.65. The van der Waals surface area contributed by atoms with Crippen LogP contribution >= 0.6 is 0 Å². The number of hydrogen-bond acceptors (Lipinski definition) is 8. The van der Waals surface area contributed by atoms with Gasteiger partial charge >= 0.3 is 0 Å². The van der Waals surface area contributed by atoms with Gasteiger partial charge in [0, 0.05) is 85.8 Å². The number of nitro benzene ring substituents is 1. The van der Waals surface area contributed by atoms with Crippen LogP contribution in [-0.2, 0) is 17.8 Å². The monoisotopic (exact) mass is 503 g/mol. The van der Waals surface area contributed by atoms with Crippen LogP contribution in [0.25, 0.3) is 0 Å². The van der Waals surface area contributed by atoms with E-state index in [0.29, 0.717) is 29.7 Å². The van der Waals surface area contributed by atoms with Crippen molar-refractivity contribution in [1.29, 1.82) is 0 Å². The Morgan fingerprint density at radius 3 is 2.49 bits per heavy atom. The lowest BCUT2D eigenvalue weighted by Gasteiger charge is -2.38. The highest BCUT2D eigenvalue weighted by atomic mass is 16.6. The molecule has 3 aromatic rings. The fourth-order valence-electron chi connectivity index (χ4n) is 4.42. The largest absolute Gasteiger partial charge is 0.381 e. The molecule has 194 valence electrons. The lowest BCUT2D eigenvalue weighted by molar-refractivity contribution is -0.384. The lowest BCUT2D eigenvalue weighted by atomic mass is 10.1. The van der Waals surface area contributed by atoms with E-state index < -0.39 is 10.8 Å². The molecule has 1 fully saturated rings. The molecule has 0 radical (unpaired) electrons. The zero-order valence-corrected chi connectivity index (χ0v) is 21.2. The van der Waals surface area contributed by atoms with Crippen LogP contribution in [0.15, 0.2) is 60.8 Å². The van der Waals surface area contributed by atoms with Crippen molar-refractivity contribution in [2.45, 2.75) is 32.9 Å². The number of benzene rings is 2. The van der Waals surface area contributed by atoms with Crippen LogP contribution in [0.5, 0.6) is 0 Å². The Labute approximate surface area is 216 Å². The molecular weight excluding hydrogens is 470 g/mol. The average molecular weight is 504 g/mol. The van der Waals surface area contributed by atoms with Crippen molar-refractivity contribution in [2.75, 3.05) is 41.7 Å². The number of carbonyl (C=O) groups is 1. The van der Waals surface area contributed by atoms with E-state index in [4.69, 9.17) is 5.73 Å². The van der Waals surface area contributed by atoms with Crippen molar-refractivity contribution in [3.63, 3.8) is 0 Å². The van der Waals surface area contributed by atoms with Gasteiger partial charge in [0.1, 0.15) is 5.82 Å². The summed E-state index contributed by atoms with van der Waals surface area (Å²) in [4.78, 5) is 31.6. The van der Waals surface area contributed by atoms with E-state index in [1.807, 2.05) is 18.2 Å². The van der Waals surface area contributed by atoms with Gasteiger partial charge in [0.25, 0.3) is 5.69 Å². The standard InChI is InChI=1S/C27H33N7O3/c1-19(2)32-10-12-33(13-11-32)23-8-6-22(7-9-23)31-27-16-25(21(18-30-27)15-26(28)35)29-17-20-4-3-5-24(14-20)34(36)37/h3-9,14,16,18-19H,10-13,15,17H2,1-2H3,(H2,28,35)(H2,29,30,31). The molecule has 0 saturated carbocycles. The second-order valence-electron chi connectivity index (χ2n) is 9.44. The Hall–Kier alpha value is -4.18. The molecule has 0 spiro atoms. The molecule has 4 N–H and O–H groups in total. The second-order valence-corrected chi connectivity index (χ2v) is 9.44. The summed E-state index contributed by atoms with van der Waals surface area (Å²) in [6, 6.07) is 17.1. The van der Waals surface area contributed by atoms with Gasteiger partial charge in [0.2, 0.25) is 5.91 Å². The molecule has 1 saturated heterocycles. The van der Waals surface area contributed by atoms with E-state index in [9.17, 15) is 14.9 Å². The topological polar surface area (TPSA) is 130 Å². The first-order valence-corrected chi connectivity index (χ1v) is 12.4. The van der Waals surface area contributed by atoms with Crippen molar-refractivity contribution >= 4 is 34.5 Å². The molecule has 0 atom stereocenters. The molecule has 10 heteroatoms. The Balaban J connectivity index is 1.44. The number of hydrogen-bond donors (Lipinski definition) is 3. The van der Waals surface area contributed by atoms with Gasteiger partial charge in [-0.05, 0) is 43.7 Å². The molecule has 2 aromatic carbocycles. The summed E-state index contributed by atoms with van der Waals surface area (Å²) in [6.45, 7) is 8.95. The van der Waals surface area contributed by atoms with E-state index in [1.165, 1.54) is 17.8 Å². The van der Waals surface area contributed by atoms with Gasteiger partial charge in [0.15, 0.2) is 0 Å². The number of aromatic nitrogens is 1. The lowest BCUT2D eigenvalue weighted by Crippen LogP contribution is -2.48. The Kier molecular flexibility index (Phi) is 8.19. The third-order valence-corrected chi connectivity index (χ3v) is 6.50. The van der Waals surface area contributed by atoms with Crippen molar-refractivity contribution in [3.05, 3.63) is 82.0 Å². The molecule has 10 nitrogen and oxygen atoms in total. The highest BCUT2D eigenvalue weighted by molar-refractivity contribution is 5.79. The maximum absolute atomic E-state index is 11.6. The van der Waals surface area contributed by atoms with Crippen molar-refractivity contribution < 1.29 is 9.72 Å². The minimum atomic E-state index is -0.467. The van der Waals surface area contributed by atoms with Gasteiger partial charge in [-0.1, -0.05) is 12.1 Å². The first-order valence-electron chi connectivity index (χ1n) is 12.4. The highest BCUT2D eigenvalue weighted by Crippen LogP contribution is 2.25. The number of non-ortho nitro benzene ring substituents is 1. The second kappa shape index (κ2) is 11.7. The quantitative estimate of drug-likeness (QED) is 0.281. The summed E-state index contributed by atoms with van der Waals surface area (Å²) in [5.74, 6) is 0.138. The van der Waals surface area contributed by atoms with Crippen LogP contribution in [0.4, 0.5) is 28.6 Å². The number of nitrogens with one attached hydrogen (secondary N) is 2. The molecule has 1 aromatic heterocycles. The zero-order chi connectivity index (χ0) is 26.4. The zero-order valence-electron chi connectivity index (χ0n) is 21.2. The third kappa shape index (κ3) is 6.95. The predicted octanol–water partition coefficient (Wildman–Crippen LogP) is 3.90. The molecule has 0 bridgehead atoms. The van der Waals surface area contributed by atoms with Crippen LogP contribution in [-0.4, -0.2) is 52.9 Å². The number of nitro groups is 1. The first-order chi connectivity index (χ1) is 17.8. The molecule has 0 unspecified atom stereocenters. The number of anilines is 4. The van der Waals surface area contributed by atoms with E-state index >= 15 is 0 Å². The Morgan fingerprint density at radius 2 is 1.84 bits per heavy atom. The number of nitrogens with zero attached hydrogens (tertiary/aromatic N) is 4. The van der Waals surface area contributed by atoms with Crippen molar-refractivity contribution in [3.8, 4) is 0 Å². The molecular formula is C27H33N7O3. The minimum Gasteiger partial charge on any atom is -0.381 e. The Morgan fingerprint density at radius 1 is 1.11 bits per heavy atom. The molecule has 0 aliphatic carbocycles. The molecule has 1 amide bonds. The number of nitrogens with two attached hydrogens (primary N) is 1. The molecule has 2 heterocycles. The maximum atomic E-state index is 11.6. The third-order valence-electron chi connectivity index (χ3n) is 6.50. The van der Waals surface area contributed by atoms with Crippen molar-refractivity contribution in [1.82, 2.24) is 9.88 Å². The fraction of sp³-hybridized carbons (Fsp3) is 0.333. The predicted molar refractivity (Wildman–Crippen MR) is 146 cm³/mol. The summed E-state index contributed by atoms with van der Waals surface area (Å²) in [7, 11) is 0. The number of amides is 1. The van der Waals surface area contributed by atoms with Gasteiger partial charge in [-0.2, -0.15) is 0 Å². The van der Waals surface area contributed by atoms with E-state index in [2.05, 4.69) is 51.4 Å². The van der Waals surface area contributed by atoms with Gasteiger partial charge in [-0.15, -0.1) is 0 Å². The average Bonchev–Trinajstić information content (AvgIpc) is 2.89. The minimum absolute atomic E-state index is 0.0268. The van der Waals surface area contributed by atoms with Gasteiger partial charge in [0.05, 0.1) is 11.3 Å². The summed E-state index contributed by atoms with van der Waals surface area (Å²) >= 11 is 0. The van der Waals surface area contributed by atoms with Crippen LogP contribution in [0.3, 0.4) is 0 Å². The summed E-state index contributed by atoms with van der Waals surface area (Å²) in [5.41, 5.74) is 9.61. The Bertz CT molecular complexity index is 1240. The number of piperazine rings is 1.